The molecule has 5 heteroatoms. The van der Waals surface area contributed by atoms with Crippen molar-refractivity contribution in [3.05, 3.63) is 51.6 Å². The van der Waals surface area contributed by atoms with Crippen LogP contribution in [-0.2, 0) is 0 Å². The lowest BCUT2D eigenvalue weighted by atomic mass is 10.2. The van der Waals surface area contributed by atoms with Crippen molar-refractivity contribution in [3.63, 3.8) is 0 Å². The number of nitrogens with zero attached hydrogens (tertiary/aromatic N) is 1. The zero-order valence-electron chi connectivity index (χ0n) is 10.7. The lowest BCUT2D eigenvalue weighted by molar-refractivity contribution is 1.05. The van der Waals surface area contributed by atoms with Crippen LogP contribution in [0.15, 0.2) is 44.7 Å². The third kappa shape index (κ3) is 3.58. The zero-order chi connectivity index (χ0) is 14.0. The fourth-order valence-corrected chi connectivity index (χ4v) is 3.49. The highest BCUT2D eigenvalue weighted by molar-refractivity contribution is 9.10. The molecule has 2 rings (SSSR count). The minimum Gasteiger partial charge on any atom is -0.384 e. The molecule has 0 aliphatic heterocycles. The summed E-state index contributed by atoms with van der Waals surface area (Å²) in [6.07, 6.45) is 0. The lowest BCUT2D eigenvalue weighted by Crippen LogP contribution is -2.11. The molecule has 98 valence electrons. The molecule has 0 fully saturated rings. The Kier molecular flexibility index (Phi) is 4.27. The quantitative estimate of drug-likeness (QED) is 0.660. The molecule has 3 nitrogen and oxygen atoms in total. The second kappa shape index (κ2) is 5.75. The molecule has 0 aliphatic rings. The molecule has 2 aromatic rings. The summed E-state index contributed by atoms with van der Waals surface area (Å²) in [5.74, 6) is 0.0629. The molecule has 0 amide bonds. The van der Waals surface area contributed by atoms with E-state index in [1.807, 2.05) is 25.1 Å². The molecule has 0 spiro atoms. The Bertz CT molecular complexity index is 620. The smallest absolute Gasteiger partial charge is 0.123 e. The number of nitrogens with two attached hydrogens (primary N) is 1. The SMILES string of the molecule is Cc1cc(C)nc(Sc2ccc(C(=N)N)c(Br)c2)c1. The highest BCUT2D eigenvalue weighted by atomic mass is 79.9. The first kappa shape index (κ1) is 14.1. The van der Waals surface area contributed by atoms with E-state index >= 15 is 0 Å². The van der Waals surface area contributed by atoms with Crippen LogP contribution in [0.4, 0.5) is 0 Å². The van der Waals surface area contributed by atoms with E-state index in [0.717, 1.165) is 20.1 Å². The molecule has 1 heterocycles. The van der Waals surface area contributed by atoms with Gasteiger partial charge in [-0.05, 0) is 65.7 Å². The molecule has 0 saturated heterocycles. The standard InChI is InChI=1S/C14H14BrN3S/c1-8-5-9(2)18-13(6-8)19-10-3-4-11(14(16)17)12(15)7-10/h3-7H,1-2H3,(H3,16,17). The van der Waals surface area contributed by atoms with E-state index in [4.69, 9.17) is 11.1 Å². The van der Waals surface area contributed by atoms with Crippen LogP contribution in [0, 0.1) is 19.3 Å². The number of hydrogen-bond acceptors (Lipinski definition) is 3. The Morgan fingerprint density at radius 3 is 2.58 bits per heavy atom. The highest BCUT2D eigenvalue weighted by Crippen LogP contribution is 2.30. The molecular weight excluding hydrogens is 322 g/mol. The summed E-state index contributed by atoms with van der Waals surface area (Å²) in [6.45, 7) is 4.05. The number of amidine groups is 1. The van der Waals surface area contributed by atoms with E-state index in [2.05, 4.69) is 40.0 Å². The number of rotatable bonds is 3. The first-order valence-corrected chi connectivity index (χ1v) is 7.34. The third-order valence-electron chi connectivity index (χ3n) is 2.53. The van der Waals surface area contributed by atoms with Crippen LogP contribution in [0.5, 0.6) is 0 Å². The van der Waals surface area contributed by atoms with Gasteiger partial charge in [0.05, 0.1) is 0 Å². The topological polar surface area (TPSA) is 62.8 Å². The van der Waals surface area contributed by atoms with Crippen molar-refractivity contribution >= 4 is 33.5 Å². The van der Waals surface area contributed by atoms with Gasteiger partial charge in [0.15, 0.2) is 0 Å². The van der Waals surface area contributed by atoms with E-state index in [9.17, 15) is 0 Å². The van der Waals surface area contributed by atoms with Crippen LogP contribution < -0.4 is 5.73 Å². The van der Waals surface area contributed by atoms with E-state index in [1.165, 1.54) is 5.56 Å². The highest BCUT2D eigenvalue weighted by Gasteiger charge is 2.06. The molecule has 1 aromatic carbocycles. The predicted molar refractivity (Wildman–Crippen MR) is 83.0 cm³/mol. The van der Waals surface area contributed by atoms with Crippen molar-refractivity contribution in [1.82, 2.24) is 4.98 Å². The average molecular weight is 336 g/mol. The minimum atomic E-state index is 0.0629. The fourth-order valence-electron chi connectivity index (χ4n) is 1.76. The Hall–Kier alpha value is -1.33. The molecule has 19 heavy (non-hydrogen) atoms. The van der Waals surface area contributed by atoms with Crippen molar-refractivity contribution in [3.8, 4) is 0 Å². The molecule has 0 saturated carbocycles. The number of benzene rings is 1. The van der Waals surface area contributed by atoms with Crippen LogP contribution in [0.3, 0.4) is 0 Å². The summed E-state index contributed by atoms with van der Waals surface area (Å²) in [4.78, 5) is 5.56. The third-order valence-corrected chi connectivity index (χ3v) is 4.09. The largest absolute Gasteiger partial charge is 0.384 e. The van der Waals surface area contributed by atoms with Gasteiger partial charge in [0, 0.05) is 20.6 Å². The van der Waals surface area contributed by atoms with Gasteiger partial charge < -0.3 is 5.73 Å². The normalized spacial score (nSPS) is 10.5. The Morgan fingerprint density at radius 2 is 2.00 bits per heavy atom. The van der Waals surface area contributed by atoms with Crippen molar-refractivity contribution in [2.75, 3.05) is 0 Å². The summed E-state index contributed by atoms with van der Waals surface area (Å²) >= 11 is 5.03. The lowest BCUT2D eigenvalue weighted by Gasteiger charge is -2.07. The first-order chi connectivity index (χ1) is 8.95. The number of aromatic nitrogens is 1. The van der Waals surface area contributed by atoms with Crippen molar-refractivity contribution in [2.45, 2.75) is 23.8 Å². The van der Waals surface area contributed by atoms with Crippen molar-refractivity contribution < 1.29 is 0 Å². The number of nitrogens with one attached hydrogen (secondary N) is 1. The van der Waals surface area contributed by atoms with E-state index in [1.54, 1.807) is 11.8 Å². The Labute approximate surface area is 125 Å². The predicted octanol–water partition coefficient (Wildman–Crippen LogP) is 3.90. The molecule has 3 N–H and O–H groups in total. The number of aryl methyl sites for hydroxylation is 2. The number of halogens is 1. The summed E-state index contributed by atoms with van der Waals surface area (Å²) in [5.41, 5.74) is 8.42. The van der Waals surface area contributed by atoms with Crippen molar-refractivity contribution in [1.29, 1.82) is 5.41 Å². The maximum atomic E-state index is 7.45. The molecule has 0 radical (unpaired) electrons. The van der Waals surface area contributed by atoms with Gasteiger partial charge in [-0.3, -0.25) is 5.41 Å². The van der Waals surface area contributed by atoms with Gasteiger partial charge in [-0.1, -0.05) is 11.8 Å². The number of nitrogen functional groups attached to an aromatic ring is 1. The molecule has 0 unspecified atom stereocenters. The second-order valence-electron chi connectivity index (χ2n) is 4.28. The van der Waals surface area contributed by atoms with E-state index < -0.39 is 0 Å². The zero-order valence-corrected chi connectivity index (χ0v) is 13.1. The van der Waals surface area contributed by atoms with E-state index in [-0.39, 0.29) is 5.84 Å². The molecular formula is C14H14BrN3S. The van der Waals surface area contributed by atoms with Crippen LogP contribution in [-0.4, -0.2) is 10.8 Å². The fraction of sp³-hybridized carbons (Fsp3) is 0.143. The summed E-state index contributed by atoms with van der Waals surface area (Å²) in [6, 6.07) is 9.87. The maximum absolute atomic E-state index is 7.45. The number of hydrogen-bond donors (Lipinski definition) is 2. The van der Waals surface area contributed by atoms with Gasteiger partial charge in [0.2, 0.25) is 0 Å². The van der Waals surface area contributed by atoms with Gasteiger partial charge in [-0.15, -0.1) is 0 Å². The number of pyridine rings is 1. The van der Waals surface area contributed by atoms with Gasteiger partial charge in [0.25, 0.3) is 0 Å². The van der Waals surface area contributed by atoms with Crippen molar-refractivity contribution in [2.24, 2.45) is 5.73 Å². The Balaban J connectivity index is 2.28. The Morgan fingerprint density at radius 1 is 1.26 bits per heavy atom. The molecule has 1 aromatic heterocycles. The molecule has 0 bridgehead atoms. The van der Waals surface area contributed by atoms with Gasteiger partial charge >= 0.3 is 0 Å². The first-order valence-electron chi connectivity index (χ1n) is 5.73. The second-order valence-corrected chi connectivity index (χ2v) is 6.23. The van der Waals surface area contributed by atoms with Crippen LogP contribution in [0.1, 0.15) is 16.8 Å². The van der Waals surface area contributed by atoms with Gasteiger partial charge in [0.1, 0.15) is 10.9 Å². The maximum Gasteiger partial charge on any atom is 0.123 e. The van der Waals surface area contributed by atoms with Gasteiger partial charge in [-0.25, -0.2) is 4.98 Å². The summed E-state index contributed by atoms with van der Waals surface area (Å²) in [5, 5.41) is 8.42. The van der Waals surface area contributed by atoms with E-state index in [0.29, 0.717) is 5.56 Å². The minimum absolute atomic E-state index is 0.0629. The average Bonchev–Trinajstić information content (AvgIpc) is 2.26. The summed E-state index contributed by atoms with van der Waals surface area (Å²) < 4.78 is 0.828. The van der Waals surface area contributed by atoms with Crippen LogP contribution >= 0.6 is 27.7 Å². The monoisotopic (exact) mass is 335 g/mol. The molecule has 0 aliphatic carbocycles. The van der Waals surface area contributed by atoms with Gasteiger partial charge in [-0.2, -0.15) is 0 Å². The van der Waals surface area contributed by atoms with Crippen LogP contribution in [0.25, 0.3) is 0 Å². The summed E-state index contributed by atoms with van der Waals surface area (Å²) in [7, 11) is 0. The van der Waals surface area contributed by atoms with Crippen LogP contribution in [0.2, 0.25) is 0 Å². The molecule has 0 atom stereocenters.